The fourth-order valence-corrected chi connectivity index (χ4v) is 1.38. The Balaban J connectivity index is 3.09. The Hall–Kier alpha value is -1.33. The zero-order chi connectivity index (χ0) is 11.3. The highest BCUT2D eigenvalue weighted by Crippen LogP contribution is 2.32. The summed E-state index contributed by atoms with van der Waals surface area (Å²) in [5.41, 5.74) is 0.615. The summed E-state index contributed by atoms with van der Waals surface area (Å²) in [7, 11) is 4.83. The van der Waals surface area contributed by atoms with Gasteiger partial charge in [-0.05, 0) is 7.05 Å². The van der Waals surface area contributed by atoms with Crippen LogP contribution in [0.5, 0.6) is 11.5 Å². The lowest BCUT2D eigenvalue weighted by Crippen LogP contribution is -2.18. The topological polar surface area (TPSA) is 63.6 Å². The standard InChI is InChI=1S/C10H16N2O3/c1-11-4-7(13)10-8(14-2)5-12-6-9(10)15-3/h5-7,11,13H,4H2,1-3H3. The molecule has 84 valence electrons. The van der Waals surface area contributed by atoms with Crippen molar-refractivity contribution in [1.82, 2.24) is 10.3 Å². The number of aromatic nitrogens is 1. The van der Waals surface area contributed by atoms with Crippen molar-refractivity contribution in [3.05, 3.63) is 18.0 Å². The zero-order valence-electron chi connectivity index (χ0n) is 9.15. The summed E-state index contributed by atoms with van der Waals surface area (Å²) >= 11 is 0. The molecular weight excluding hydrogens is 196 g/mol. The number of rotatable bonds is 5. The Bertz CT molecular complexity index is 295. The summed E-state index contributed by atoms with van der Waals surface area (Å²) in [6.07, 6.45) is 2.43. The first-order chi connectivity index (χ1) is 7.24. The first-order valence-electron chi connectivity index (χ1n) is 4.63. The molecule has 0 aliphatic rings. The average molecular weight is 212 g/mol. The Morgan fingerprint density at radius 3 is 2.27 bits per heavy atom. The summed E-state index contributed by atoms with van der Waals surface area (Å²) < 4.78 is 10.3. The summed E-state index contributed by atoms with van der Waals surface area (Å²) in [6, 6.07) is 0. The molecule has 0 aliphatic carbocycles. The number of aliphatic hydroxyl groups excluding tert-OH is 1. The highest BCUT2D eigenvalue weighted by molar-refractivity contribution is 5.43. The number of nitrogens with zero attached hydrogens (tertiary/aromatic N) is 1. The quantitative estimate of drug-likeness (QED) is 0.737. The summed E-state index contributed by atoms with van der Waals surface area (Å²) in [5.74, 6) is 1.05. The Morgan fingerprint density at radius 1 is 1.33 bits per heavy atom. The second-order valence-electron chi connectivity index (χ2n) is 3.03. The highest BCUT2D eigenvalue weighted by Gasteiger charge is 2.18. The van der Waals surface area contributed by atoms with Gasteiger partial charge in [0.2, 0.25) is 0 Å². The minimum absolute atomic E-state index is 0.427. The minimum atomic E-state index is -0.678. The molecule has 0 spiro atoms. The van der Waals surface area contributed by atoms with Crippen LogP contribution in [0.25, 0.3) is 0 Å². The van der Waals surface area contributed by atoms with Gasteiger partial charge in [-0.3, -0.25) is 4.98 Å². The number of ether oxygens (including phenoxy) is 2. The molecule has 15 heavy (non-hydrogen) atoms. The lowest BCUT2D eigenvalue weighted by atomic mass is 10.1. The Kier molecular flexibility index (Phi) is 4.33. The Morgan fingerprint density at radius 2 is 1.87 bits per heavy atom. The van der Waals surface area contributed by atoms with Crippen molar-refractivity contribution >= 4 is 0 Å². The third-order valence-electron chi connectivity index (χ3n) is 2.09. The van der Waals surface area contributed by atoms with E-state index in [1.165, 1.54) is 14.2 Å². The van der Waals surface area contributed by atoms with Crippen molar-refractivity contribution < 1.29 is 14.6 Å². The molecule has 0 aromatic carbocycles. The highest BCUT2D eigenvalue weighted by atomic mass is 16.5. The first-order valence-corrected chi connectivity index (χ1v) is 4.63. The van der Waals surface area contributed by atoms with Gasteiger partial charge in [-0.25, -0.2) is 0 Å². The number of likely N-dealkylation sites (N-methyl/N-ethyl adjacent to an activating group) is 1. The van der Waals surface area contributed by atoms with E-state index in [9.17, 15) is 5.11 Å². The molecule has 0 saturated carbocycles. The van der Waals surface area contributed by atoms with Crippen molar-refractivity contribution in [2.24, 2.45) is 0 Å². The minimum Gasteiger partial charge on any atom is -0.495 e. The average Bonchev–Trinajstić information content (AvgIpc) is 2.28. The van der Waals surface area contributed by atoms with E-state index in [4.69, 9.17) is 9.47 Å². The van der Waals surface area contributed by atoms with Crippen LogP contribution in [0.2, 0.25) is 0 Å². The molecule has 1 atom stereocenters. The third-order valence-corrected chi connectivity index (χ3v) is 2.09. The summed E-state index contributed by atoms with van der Waals surface area (Å²) in [4.78, 5) is 3.95. The summed E-state index contributed by atoms with van der Waals surface area (Å²) in [6.45, 7) is 0.427. The molecule has 5 nitrogen and oxygen atoms in total. The van der Waals surface area contributed by atoms with Crippen molar-refractivity contribution in [3.63, 3.8) is 0 Å². The van der Waals surface area contributed by atoms with Crippen LogP contribution in [0.3, 0.4) is 0 Å². The molecule has 1 heterocycles. The van der Waals surface area contributed by atoms with Crippen molar-refractivity contribution in [2.45, 2.75) is 6.10 Å². The van der Waals surface area contributed by atoms with E-state index in [0.29, 0.717) is 23.6 Å². The maximum Gasteiger partial charge on any atom is 0.146 e. The summed E-state index contributed by atoms with van der Waals surface area (Å²) in [5, 5.41) is 12.8. The number of hydrogen-bond acceptors (Lipinski definition) is 5. The van der Waals surface area contributed by atoms with Crippen LogP contribution in [0.15, 0.2) is 12.4 Å². The van der Waals surface area contributed by atoms with E-state index in [-0.39, 0.29) is 0 Å². The van der Waals surface area contributed by atoms with E-state index in [1.54, 1.807) is 19.4 Å². The molecule has 0 fully saturated rings. The predicted octanol–water partition coefficient (Wildman–Crippen LogP) is 0.352. The lowest BCUT2D eigenvalue weighted by Gasteiger charge is -2.16. The number of hydrogen-bond donors (Lipinski definition) is 2. The molecule has 1 unspecified atom stereocenters. The van der Waals surface area contributed by atoms with E-state index < -0.39 is 6.10 Å². The number of pyridine rings is 1. The van der Waals surface area contributed by atoms with Gasteiger partial charge in [-0.15, -0.1) is 0 Å². The second-order valence-corrected chi connectivity index (χ2v) is 3.03. The number of nitrogens with one attached hydrogen (secondary N) is 1. The van der Waals surface area contributed by atoms with Gasteiger partial charge in [0.05, 0.1) is 38.3 Å². The molecule has 0 amide bonds. The van der Waals surface area contributed by atoms with Crippen LogP contribution in [0.1, 0.15) is 11.7 Å². The van der Waals surface area contributed by atoms with Crippen LogP contribution < -0.4 is 14.8 Å². The Labute approximate surface area is 89.0 Å². The van der Waals surface area contributed by atoms with Crippen LogP contribution in [0, 0.1) is 0 Å². The molecule has 2 N–H and O–H groups in total. The van der Waals surface area contributed by atoms with Crippen LogP contribution in [0.4, 0.5) is 0 Å². The van der Waals surface area contributed by atoms with E-state index >= 15 is 0 Å². The van der Waals surface area contributed by atoms with Gasteiger partial charge in [-0.2, -0.15) is 0 Å². The fraction of sp³-hybridized carbons (Fsp3) is 0.500. The molecule has 1 aromatic rings. The smallest absolute Gasteiger partial charge is 0.146 e. The van der Waals surface area contributed by atoms with Crippen LogP contribution in [-0.4, -0.2) is 37.9 Å². The molecule has 5 heteroatoms. The monoisotopic (exact) mass is 212 g/mol. The van der Waals surface area contributed by atoms with E-state index in [2.05, 4.69) is 10.3 Å². The largest absolute Gasteiger partial charge is 0.495 e. The zero-order valence-corrected chi connectivity index (χ0v) is 9.15. The number of aliphatic hydroxyl groups is 1. The predicted molar refractivity (Wildman–Crippen MR) is 56.2 cm³/mol. The van der Waals surface area contributed by atoms with Gasteiger partial charge in [0, 0.05) is 6.54 Å². The first kappa shape index (κ1) is 11.7. The van der Waals surface area contributed by atoms with Gasteiger partial charge in [0.1, 0.15) is 11.5 Å². The second kappa shape index (κ2) is 5.53. The molecule has 0 radical (unpaired) electrons. The number of methoxy groups -OCH3 is 2. The van der Waals surface area contributed by atoms with Gasteiger partial charge < -0.3 is 19.9 Å². The molecule has 0 saturated heterocycles. The van der Waals surface area contributed by atoms with Crippen LogP contribution in [-0.2, 0) is 0 Å². The maximum absolute atomic E-state index is 9.89. The van der Waals surface area contributed by atoms with Gasteiger partial charge >= 0.3 is 0 Å². The fourth-order valence-electron chi connectivity index (χ4n) is 1.38. The van der Waals surface area contributed by atoms with Crippen molar-refractivity contribution in [1.29, 1.82) is 0 Å². The van der Waals surface area contributed by atoms with Gasteiger partial charge in [0.15, 0.2) is 0 Å². The maximum atomic E-state index is 9.89. The molecular formula is C10H16N2O3. The van der Waals surface area contributed by atoms with Crippen LogP contribution >= 0.6 is 0 Å². The van der Waals surface area contributed by atoms with E-state index in [1.807, 2.05) is 0 Å². The molecule has 0 aliphatic heterocycles. The third kappa shape index (κ3) is 2.57. The SMILES string of the molecule is CNCC(O)c1c(OC)cncc1OC. The molecule has 1 aromatic heterocycles. The lowest BCUT2D eigenvalue weighted by molar-refractivity contribution is 0.168. The molecule has 1 rings (SSSR count). The van der Waals surface area contributed by atoms with E-state index in [0.717, 1.165) is 0 Å². The van der Waals surface area contributed by atoms with Gasteiger partial charge in [0.25, 0.3) is 0 Å². The van der Waals surface area contributed by atoms with Gasteiger partial charge in [-0.1, -0.05) is 0 Å². The molecule has 0 bridgehead atoms. The van der Waals surface area contributed by atoms with Crippen molar-refractivity contribution in [3.8, 4) is 11.5 Å². The normalized spacial score (nSPS) is 12.3. The van der Waals surface area contributed by atoms with Crippen molar-refractivity contribution in [2.75, 3.05) is 27.8 Å².